The number of esters is 1. The van der Waals surface area contributed by atoms with Crippen LogP contribution in [0.4, 0.5) is 0 Å². The lowest BCUT2D eigenvalue weighted by atomic mass is 10.2. The van der Waals surface area contributed by atoms with Gasteiger partial charge in [0, 0.05) is 19.2 Å². The zero-order valence-electron chi connectivity index (χ0n) is 19.2. The van der Waals surface area contributed by atoms with Crippen molar-refractivity contribution in [3.05, 3.63) is 41.1 Å². The molecule has 8 nitrogen and oxygen atoms in total. The summed E-state index contributed by atoms with van der Waals surface area (Å²) in [5.41, 5.74) is 2.21. The summed E-state index contributed by atoms with van der Waals surface area (Å²) in [7, 11) is 1.69. The van der Waals surface area contributed by atoms with Gasteiger partial charge in [-0.1, -0.05) is 24.7 Å². The second-order valence-corrected chi connectivity index (χ2v) is 7.96. The first-order chi connectivity index (χ1) is 15.2. The molecule has 0 aromatic carbocycles. The number of aliphatic hydroxyl groups is 1. The first-order valence-electron chi connectivity index (χ1n) is 10.1. The quantitative estimate of drug-likeness (QED) is 0.268. The number of aryl methyl sites for hydroxylation is 1. The van der Waals surface area contributed by atoms with Gasteiger partial charge in [-0.2, -0.15) is 5.10 Å². The maximum atomic E-state index is 12.1. The van der Waals surface area contributed by atoms with Crippen LogP contribution in [-0.2, 0) is 9.53 Å². The normalized spacial score (nSPS) is 12.4. The van der Waals surface area contributed by atoms with Crippen LogP contribution in [0.15, 0.2) is 30.4 Å². The highest BCUT2D eigenvalue weighted by atomic mass is 32.1. The number of terminal acetylenes is 1. The third-order valence-electron chi connectivity index (χ3n) is 4.11. The molecule has 0 aliphatic carbocycles. The van der Waals surface area contributed by atoms with Gasteiger partial charge < -0.3 is 14.7 Å². The second kappa shape index (κ2) is 13.2. The Bertz CT molecular complexity index is 1040. The maximum absolute atomic E-state index is 12.1. The van der Waals surface area contributed by atoms with E-state index < -0.39 is 5.97 Å². The minimum Gasteiger partial charge on any atom is -0.461 e. The van der Waals surface area contributed by atoms with E-state index in [1.807, 2.05) is 19.9 Å². The molecule has 0 saturated heterocycles. The topological polar surface area (TPSA) is 97.6 Å². The van der Waals surface area contributed by atoms with E-state index in [1.54, 1.807) is 37.7 Å². The number of ether oxygens (including phenoxy) is 1. The lowest BCUT2D eigenvalue weighted by molar-refractivity contribution is -0.117. The van der Waals surface area contributed by atoms with E-state index in [9.17, 15) is 9.59 Å². The molecule has 1 N–H and O–H groups in total. The molecule has 32 heavy (non-hydrogen) atoms. The minimum atomic E-state index is -0.458. The SMILES string of the molecule is C#C/C(C=C)=C/C(=C\C)n1nc(C(=O)OCC)c2sc(C)nc21.CC(O)CCN(C)C=O. The predicted molar refractivity (Wildman–Crippen MR) is 128 cm³/mol. The molecule has 0 fully saturated rings. The van der Waals surface area contributed by atoms with E-state index in [2.05, 4.69) is 22.6 Å². The summed E-state index contributed by atoms with van der Waals surface area (Å²) in [4.78, 5) is 28.1. The third-order valence-corrected chi connectivity index (χ3v) is 5.08. The summed E-state index contributed by atoms with van der Waals surface area (Å²) >= 11 is 1.41. The molecule has 1 unspecified atom stereocenters. The number of hydrogen-bond acceptors (Lipinski definition) is 7. The number of amides is 1. The number of carbonyl (C=O) groups excluding carboxylic acids is 2. The second-order valence-electron chi connectivity index (χ2n) is 6.75. The molecule has 1 atom stereocenters. The molecule has 1 amide bonds. The summed E-state index contributed by atoms with van der Waals surface area (Å²) in [6.45, 7) is 11.8. The number of aliphatic hydroxyl groups excluding tert-OH is 1. The fourth-order valence-electron chi connectivity index (χ4n) is 2.45. The molecule has 2 aromatic heterocycles. The highest BCUT2D eigenvalue weighted by Crippen LogP contribution is 2.28. The zero-order chi connectivity index (χ0) is 24.3. The van der Waals surface area contributed by atoms with E-state index in [0.29, 0.717) is 41.2 Å². The van der Waals surface area contributed by atoms with E-state index in [-0.39, 0.29) is 11.8 Å². The number of rotatable bonds is 9. The first-order valence-corrected chi connectivity index (χ1v) is 10.9. The molecular weight excluding hydrogens is 428 g/mol. The van der Waals surface area contributed by atoms with Crippen molar-refractivity contribution in [1.82, 2.24) is 19.7 Å². The van der Waals surface area contributed by atoms with Crippen LogP contribution in [0.25, 0.3) is 16.0 Å². The molecule has 2 rings (SSSR count). The number of aromatic nitrogens is 3. The van der Waals surface area contributed by atoms with Crippen molar-refractivity contribution in [3.8, 4) is 12.3 Å². The van der Waals surface area contributed by atoms with E-state index >= 15 is 0 Å². The molecule has 2 heterocycles. The van der Waals surface area contributed by atoms with Gasteiger partial charge in [-0.3, -0.25) is 4.79 Å². The first kappa shape index (κ1) is 26.8. The van der Waals surface area contributed by atoms with Crippen LogP contribution in [-0.4, -0.2) is 63.5 Å². The molecule has 9 heteroatoms. The third kappa shape index (κ3) is 7.48. The molecule has 0 radical (unpaired) electrons. The Morgan fingerprint density at radius 2 is 2.19 bits per heavy atom. The van der Waals surface area contributed by atoms with Gasteiger partial charge in [0.15, 0.2) is 11.3 Å². The molecule has 0 bridgehead atoms. The number of carbonyl (C=O) groups is 2. The number of hydrogen-bond donors (Lipinski definition) is 1. The molecular formula is C23H30N4O4S. The van der Waals surface area contributed by atoms with Gasteiger partial charge in [0.1, 0.15) is 4.70 Å². The number of thiazole rings is 1. The zero-order valence-corrected chi connectivity index (χ0v) is 20.0. The number of fused-ring (bicyclic) bond motifs is 1. The van der Waals surface area contributed by atoms with Gasteiger partial charge in [0.2, 0.25) is 6.41 Å². The van der Waals surface area contributed by atoms with Crippen molar-refractivity contribution in [2.45, 2.75) is 40.2 Å². The Kier molecular flexibility index (Phi) is 11.1. The maximum Gasteiger partial charge on any atom is 0.360 e. The fraction of sp³-hybridized carbons (Fsp3) is 0.391. The molecule has 0 spiro atoms. The summed E-state index contributed by atoms with van der Waals surface area (Å²) in [5.74, 6) is 2.08. The van der Waals surface area contributed by atoms with Crippen molar-refractivity contribution < 1.29 is 19.4 Å². The standard InChI is InChI=1S/C17H17N3O2S.C6H13NO2/c1-6-12(7-2)10-13(8-3)20-16-15(23-11(5)18-16)14(19-20)17(21)22-9-4;1-6(9)3-4-7(2)5-8/h1,7-8,10H,2,9H2,3-5H3;5-6,9H,3-4H2,1-2H3/b12-10-,13-8+;. The monoisotopic (exact) mass is 458 g/mol. The van der Waals surface area contributed by atoms with Gasteiger partial charge >= 0.3 is 5.97 Å². The molecule has 0 aliphatic rings. The van der Waals surface area contributed by atoms with Crippen molar-refractivity contribution in [1.29, 1.82) is 0 Å². The Balaban J connectivity index is 0.000000482. The Morgan fingerprint density at radius 3 is 2.69 bits per heavy atom. The average Bonchev–Trinajstić information content (AvgIpc) is 3.31. The van der Waals surface area contributed by atoms with Crippen molar-refractivity contribution in [2.75, 3.05) is 20.2 Å². The molecule has 172 valence electrons. The Morgan fingerprint density at radius 1 is 1.50 bits per heavy atom. The number of nitrogens with zero attached hydrogens (tertiary/aromatic N) is 4. The van der Waals surface area contributed by atoms with Crippen molar-refractivity contribution >= 4 is 39.8 Å². The van der Waals surface area contributed by atoms with Crippen molar-refractivity contribution in [2.24, 2.45) is 0 Å². The summed E-state index contributed by atoms with van der Waals surface area (Å²) in [6.07, 6.45) is 11.7. The van der Waals surface area contributed by atoms with E-state index in [1.165, 1.54) is 16.2 Å². The van der Waals surface area contributed by atoms with Crippen LogP contribution in [0.1, 0.15) is 42.7 Å². The Hall–Kier alpha value is -3.22. The largest absolute Gasteiger partial charge is 0.461 e. The minimum absolute atomic E-state index is 0.265. The van der Waals surface area contributed by atoms with Gasteiger partial charge in [-0.25, -0.2) is 14.5 Å². The lowest BCUT2D eigenvalue weighted by Crippen LogP contribution is -2.20. The van der Waals surface area contributed by atoms with Crippen LogP contribution in [0, 0.1) is 19.3 Å². The Labute approximate surface area is 192 Å². The highest BCUT2D eigenvalue weighted by molar-refractivity contribution is 7.18. The van der Waals surface area contributed by atoms with Crippen LogP contribution in [0.5, 0.6) is 0 Å². The molecule has 0 saturated carbocycles. The van der Waals surface area contributed by atoms with Crippen LogP contribution in [0.3, 0.4) is 0 Å². The smallest absolute Gasteiger partial charge is 0.360 e. The van der Waals surface area contributed by atoms with E-state index in [0.717, 1.165) is 11.4 Å². The fourth-order valence-corrected chi connectivity index (χ4v) is 3.32. The average molecular weight is 459 g/mol. The highest BCUT2D eigenvalue weighted by Gasteiger charge is 2.22. The van der Waals surface area contributed by atoms with E-state index in [4.69, 9.17) is 16.3 Å². The molecule has 0 aliphatic heterocycles. The molecule has 2 aromatic rings. The summed E-state index contributed by atoms with van der Waals surface area (Å²) < 4.78 is 7.38. The van der Waals surface area contributed by atoms with Crippen LogP contribution >= 0.6 is 11.3 Å². The van der Waals surface area contributed by atoms with Crippen LogP contribution < -0.4 is 0 Å². The van der Waals surface area contributed by atoms with Gasteiger partial charge in [-0.05, 0) is 40.2 Å². The van der Waals surface area contributed by atoms with Crippen molar-refractivity contribution in [3.63, 3.8) is 0 Å². The van der Waals surface area contributed by atoms with Gasteiger partial charge in [-0.15, -0.1) is 17.8 Å². The summed E-state index contributed by atoms with van der Waals surface area (Å²) in [5, 5.41) is 14.0. The summed E-state index contributed by atoms with van der Waals surface area (Å²) in [6, 6.07) is 0. The van der Waals surface area contributed by atoms with Gasteiger partial charge in [0.05, 0.1) is 23.4 Å². The lowest BCUT2D eigenvalue weighted by Gasteiger charge is -2.10. The predicted octanol–water partition coefficient (Wildman–Crippen LogP) is 3.43. The van der Waals surface area contributed by atoms with Crippen LogP contribution in [0.2, 0.25) is 0 Å². The number of allylic oxidation sites excluding steroid dienone is 5. The van der Waals surface area contributed by atoms with Gasteiger partial charge in [0.25, 0.3) is 0 Å².